The molecule has 0 spiro atoms. The summed E-state index contributed by atoms with van der Waals surface area (Å²) < 4.78 is 3.30. The van der Waals surface area contributed by atoms with Crippen LogP contribution >= 0.6 is 27.3 Å². The zero-order valence-corrected chi connectivity index (χ0v) is 23.7. The molecular formula is C29H35BrN4OS. The molecule has 2 aromatic heterocycles. The Morgan fingerprint density at radius 2 is 1.86 bits per heavy atom. The highest BCUT2D eigenvalue weighted by molar-refractivity contribution is 9.10. The van der Waals surface area contributed by atoms with Crippen molar-refractivity contribution in [1.82, 2.24) is 14.5 Å². The molecule has 0 aliphatic rings. The summed E-state index contributed by atoms with van der Waals surface area (Å²) in [7, 11) is 0. The summed E-state index contributed by atoms with van der Waals surface area (Å²) in [4.78, 5) is 23.2. The average molecular weight is 568 g/mol. The van der Waals surface area contributed by atoms with Crippen LogP contribution in [0.25, 0.3) is 11.0 Å². The molecule has 7 heteroatoms. The van der Waals surface area contributed by atoms with Gasteiger partial charge in [-0.1, -0.05) is 69.7 Å². The van der Waals surface area contributed by atoms with Gasteiger partial charge in [-0.05, 0) is 65.0 Å². The van der Waals surface area contributed by atoms with Crippen LogP contribution in [-0.2, 0) is 13.0 Å². The number of nitrogens with two attached hydrogens (primary N) is 1. The quantitative estimate of drug-likeness (QED) is 0.211. The van der Waals surface area contributed by atoms with Crippen LogP contribution in [0.3, 0.4) is 0 Å². The number of halogens is 1. The number of benzene rings is 2. The number of imidazole rings is 1. The number of hydrogen-bond acceptors (Lipinski definition) is 4. The molecule has 0 aliphatic heterocycles. The molecule has 4 aromatic rings. The molecule has 0 fully saturated rings. The second-order valence-corrected chi connectivity index (χ2v) is 11.5. The number of carbonyl (C=O) groups excluding carboxylic acids is 1. The van der Waals surface area contributed by atoms with Crippen LogP contribution in [0.4, 0.5) is 0 Å². The molecule has 2 heterocycles. The lowest BCUT2D eigenvalue weighted by Gasteiger charge is -2.34. The lowest BCUT2D eigenvalue weighted by Crippen LogP contribution is -2.40. The number of fused-ring (bicyclic) bond motifs is 1. The number of hydrogen-bond donors (Lipinski definition) is 1. The molecule has 0 aliphatic carbocycles. The smallest absolute Gasteiger partial charge is 0.264 e. The number of thiophene rings is 1. The fourth-order valence-corrected chi connectivity index (χ4v) is 6.66. The fraction of sp³-hybridized carbons (Fsp3) is 0.379. The molecule has 0 saturated heterocycles. The first-order chi connectivity index (χ1) is 17.4. The minimum absolute atomic E-state index is 0.0496. The molecule has 190 valence electrons. The van der Waals surface area contributed by atoms with E-state index in [0.29, 0.717) is 19.6 Å². The molecule has 0 unspecified atom stereocenters. The van der Waals surface area contributed by atoms with Crippen molar-refractivity contribution in [3.05, 3.63) is 86.3 Å². The SMILES string of the molecule is CCCc1sc(C(=O)N(CCCN)[C@@H](c2nc3ccccc3n2Cc2ccccc2)C(C)C)cc1Br. The van der Waals surface area contributed by atoms with Crippen molar-refractivity contribution in [2.24, 2.45) is 11.7 Å². The Balaban J connectivity index is 1.82. The maximum atomic E-state index is 14.1. The molecule has 0 saturated carbocycles. The van der Waals surface area contributed by atoms with E-state index in [-0.39, 0.29) is 17.9 Å². The number of aryl methyl sites for hydroxylation is 1. The summed E-state index contributed by atoms with van der Waals surface area (Å²) in [5.41, 5.74) is 9.16. The average Bonchev–Trinajstić information content (AvgIpc) is 3.42. The molecule has 0 bridgehead atoms. The highest BCUT2D eigenvalue weighted by atomic mass is 79.9. The Labute approximate surface area is 226 Å². The van der Waals surface area contributed by atoms with Gasteiger partial charge in [0.25, 0.3) is 5.91 Å². The Kier molecular flexibility index (Phi) is 8.99. The van der Waals surface area contributed by atoms with Crippen molar-refractivity contribution in [1.29, 1.82) is 0 Å². The number of para-hydroxylation sites is 2. The summed E-state index contributed by atoms with van der Waals surface area (Å²) in [6, 6.07) is 20.5. The number of amides is 1. The monoisotopic (exact) mass is 566 g/mol. The first-order valence-electron chi connectivity index (χ1n) is 12.7. The van der Waals surface area contributed by atoms with Gasteiger partial charge in [-0.25, -0.2) is 4.98 Å². The maximum absolute atomic E-state index is 14.1. The third kappa shape index (κ3) is 5.74. The third-order valence-electron chi connectivity index (χ3n) is 6.41. The zero-order valence-electron chi connectivity index (χ0n) is 21.3. The van der Waals surface area contributed by atoms with Gasteiger partial charge in [-0.3, -0.25) is 4.79 Å². The summed E-state index contributed by atoms with van der Waals surface area (Å²) in [6.45, 7) is 8.33. The second-order valence-electron chi connectivity index (χ2n) is 9.49. The third-order valence-corrected chi connectivity index (χ3v) is 8.56. The Morgan fingerprint density at radius 3 is 2.56 bits per heavy atom. The number of aromatic nitrogens is 2. The van der Waals surface area contributed by atoms with Crippen LogP contribution < -0.4 is 5.73 Å². The normalized spacial score (nSPS) is 12.4. The topological polar surface area (TPSA) is 64.2 Å². The highest BCUT2D eigenvalue weighted by Crippen LogP contribution is 2.35. The highest BCUT2D eigenvalue weighted by Gasteiger charge is 2.33. The summed E-state index contributed by atoms with van der Waals surface area (Å²) in [5, 5.41) is 0. The molecule has 2 N–H and O–H groups in total. The van der Waals surface area contributed by atoms with Crippen LogP contribution in [0.1, 0.15) is 65.6 Å². The van der Waals surface area contributed by atoms with Gasteiger partial charge in [0, 0.05) is 22.4 Å². The van der Waals surface area contributed by atoms with Crippen LogP contribution in [-0.4, -0.2) is 33.4 Å². The van der Waals surface area contributed by atoms with Gasteiger partial charge < -0.3 is 15.2 Å². The van der Waals surface area contributed by atoms with E-state index < -0.39 is 0 Å². The minimum Gasteiger partial charge on any atom is -0.330 e. The summed E-state index contributed by atoms with van der Waals surface area (Å²) >= 11 is 5.27. The van der Waals surface area contributed by atoms with Gasteiger partial charge in [-0.2, -0.15) is 0 Å². The lowest BCUT2D eigenvalue weighted by molar-refractivity contribution is 0.0610. The van der Waals surface area contributed by atoms with E-state index in [2.05, 4.69) is 83.7 Å². The van der Waals surface area contributed by atoms with Gasteiger partial charge in [0.15, 0.2) is 0 Å². The number of nitrogens with zero attached hydrogens (tertiary/aromatic N) is 3. The molecule has 4 rings (SSSR count). The van der Waals surface area contributed by atoms with Crippen molar-refractivity contribution in [2.75, 3.05) is 13.1 Å². The first-order valence-corrected chi connectivity index (χ1v) is 14.3. The van der Waals surface area contributed by atoms with Crippen molar-refractivity contribution >= 4 is 44.2 Å². The van der Waals surface area contributed by atoms with E-state index in [1.807, 2.05) is 23.1 Å². The molecular weight excluding hydrogens is 532 g/mol. The summed E-state index contributed by atoms with van der Waals surface area (Å²) in [5.74, 6) is 1.13. The van der Waals surface area contributed by atoms with Crippen molar-refractivity contribution in [3.8, 4) is 0 Å². The van der Waals surface area contributed by atoms with Gasteiger partial charge in [0.2, 0.25) is 0 Å². The molecule has 0 radical (unpaired) electrons. The van der Waals surface area contributed by atoms with E-state index in [0.717, 1.165) is 45.5 Å². The van der Waals surface area contributed by atoms with Gasteiger partial charge in [-0.15, -0.1) is 11.3 Å². The largest absolute Gasteiger partial charge is 0.330 e. The van der Waals surface area contributed by atoms with E-state index in [4.69, 9.17) is 10.7 Å². The fourth-order valence-electron chi connectivity index (χ4n) is 4.73. The Hall–Kier alpha value is -2.48. The molecule has 1 atom stereocenters. The van der Waals surface area contributed by atoms with Crippen molar-refractivity contribution in [2.45, 2.75) is 52.6 Å². The van der Waals surface area contributed by atoms with Crippen LogP contribution in [0.15, 0.2) is 65.1 Å². The summed E-state index contributed by atoms with van der Waals surface area (Å²) in [6.07, 6.45) is 2.74. The maximum Gasteiger partial charge on any atom is 0.264 e. The van der Waals surface area contributed by atoms with Gasteiger partial charge in [0.05, 0.1) is 22.0 Å². The molecule has 36 heavy (non-hydrogen) atoms. The van der Waals surface area contributed by atoms with Crippen LogP contribution in [0, 0.1) is 5.92 Å². The predicted molar refractivity (Wildman–Crippen MR) is 154 cm³/mol. The Morgan fingerprint density at radius 1 is 1.14 bits per heavy atom. The van der Waals surface area contributed by atoms with Crippen LogP contribution in [0.5, 0.6) is 0 Å². The first kappa shape index (κ1) is 26.6. The van der Waals surface area contributed by atoms with E-state index in [9.17, 15) is 4.79 Å². The van der Waals surface area contributed by atoms with Crippen LogP contribution in [0.2, 0.25) is 0 Å². The minimum atomic E-state index is -0.185. The van der Waals surface area contributed by atoms with Crippen molar-refractivity contribution < 1.29 is 4.79 Å². The molecule has 5 nitrogen and oxygen atoms in total. The second kappa shape index (κ2) is 12.2. The number of rotatable bonds is 11. The zero-order chi connectivity index (χ0) is 25.7. The van der Waals surface area contributed by atoms with Gasteiger partial charge in [0.1, 0.15) is 5.82 Å². The molecule has 2 aromatic carbocycles. The van der Waals surface area contributed by atoms with Crippen molar-refractivity contribution in [3.63, 3.8) is 0 Å². The standard InChI is InChI=1S/C29H35BrN4OS/c1-4-11-25-22(30)18-26(36-25)29(35)33(17-10-16-31)27(20(2)3)28-32-23-14-8-9-15-24(23)34(28)19-21-12-6-5-7-13-21/h5-9,12-15,18,20,27H,4,10-11,16-17,19,31H2,1-3H3/t27-/m1/s1. The van der Waals surface area contributed by atoms with Gasteiger partial charge >= 0.3 is 0 Å². The Bertz CT molecular complexity index is 1300. The van der Waals surface area contributed by atoms with E-state index >= 15 is 0 Å². The number of carbonyl (C=O) groups is 1. The lowest BCUT2D eigenvalue weighted by atomic mass is 10.0. The van der Waals surface area contributed by atoms with E-state index in [1.165, 1.54) is 10.4 Å². The molecule has 1 amide bonds. The predicted octanol–water partition coefficient (Wildman–Crippen LogP) is 7.05. The van der Waals surface area contributed by atoms with E-state index in [1.54, 1.807) is 11.3 Å².